The Morgan fingerprint density at radius 1 is 1.12 bits per heavy atom. The standard InChI is InChI=1S/C19H29N5/c1-15-6-5-7-16-17(15)18(21-14-20-16)22-19(2,3)8-9-24-12-10-23(4)11-13-24/h5-7,14H,8-13H2,1-4H3,(H,20,21,22). The van der Waals surface area contributed by atoms with E-state index in [9.17, 15) is 0 Å². The van der Waals surface area contributed by atoms with Crippen molar-refractivity contribution in [1.82, 2.24) is 19.8 Å². The summed E-state index contributed by atoms with van der Waals surface area (Å²) < 4.78 is 0. The first-order valence-electron chi connectivity index (χ1n) is 8.84. The summed E-state index contributed by atoms with van der Waals surface area (Å²) in [6, 6.07) is 6.22. The Balaban J connectivity index is 1.68. The third-order valence-corrected chi connectivity index (χ3v) is 4.98. The van der Waals surface area contributed by atoms with E-state index in [0.717, 1.165) is 29.7 Å². The van der Waals surface area contributed by atoms with E-state index < -0.39 is 0 Å². The second-order valence-electron chi connectivity index (χ2n) is 7.60. The molecule has 1 N–H and O–H groups in total. The van der Waals surface area contributed by atoms with Crippen LogP contribution in [0.5, 0.6) is 0 Å². The predicted octanol–water partition coefficient (Wildman–Crippen LogP) is 2.77. The van der Waals surface area contributed by atoms with Crippen LogP contribution in [0.1, 0.15) is 25.8 Å². The van der Waals surface area contributed by atoms with Gasteiger partial charge in [0.15, 0.2) is 0 Å². The van der Waals surface area contributed by atoms with Crippen LogP contribution in [0.4, 0.5) is 5.82 Å². The molecule has 1 aromatic heterocycles. The first-order chi connectivity index (χ1) is 11.4. The molecule has 1 aliphatic rings. The van der Waals surface area contributed by atoms with Gasteiger partial charge in [-0.05, 0) is 45.9 Å². The van der Waals surface area contributed by atoms with Crippen molar-refractivity contribution in [2.45, 2.75) is 32.7 Å². The van der Waals surface area contributed by atoms with Crippen molar-refractivity contribution >= 4 is 16.7 Å². The first kappa shape index (κ1) is 17.1. The lowest BCUT2D eigenvalue weighted by molar-refractivity contribution is 0.147. The lowest BCUT2D eigenvalue weighted by Crippen LogP contribution is -2.46. The highest BCUT2D eigenvalue weighted by molar-refractivity contribution is 5.91. The molecule has 0 radical (unpaired) electrons. The number of aryl methyl sites for hydroxylation is 1. The summed E-state index contributed by atoms with van der Waals surface area (Å²) in [6.07, 6.45) is 2.74. The van der Waals surface area contributed by atoms with E-state index in [-0.39, 0.29) is 5.54 Å². The third-order valence-electron chi connectivity index (χ3n) is 4.98. The largest absolute Gasteiger partial charge is 0.365 e. The number of rotatable bonds is 5. The van der Waals surface area contributed by atoms with Crippen molar-refractivity contribution in [3.05, 3.63) is 30.1 Å². The van der Waals surface area contributed by atoms with Gasteiger partial charge in [-0.25, -0.2) is 9.97 Å². The summed E-state index contributed by atoms with van der Waals surface area (Å²) in [5, 5.41) is 4.79. The normalized spacial score (nSPS) is 17.3. The fraction of sp³-hybridized carbons (Fsp3) is 0.579. The molecule has 24 heavy (non-hydrogen) atoms. The van der Waals surface area contributed by atoms with E-state index in [1.54, 1.807) is 6.33 Å². The number of piperazine rings is 1. The molecular weight excluding hydrogens is 298 g/mol. The molecule has 5 heteroatoms. The summed E-state index contributed by atoms with van der Waals surface area (Å²) in [6.45, 7) is 12.4. The molecule has 0 aliphatic carbocycles. The number of nitrogens with zero attached hydrogens (tertiary/aromatic N) is 4. The Labute approximate surface area is 145 Å². The molecule has 2 aromatic rings. The number of nitrogens with one attached hydrogen (secondary N) is 1. The van der Waals surface area contributed by atoms with Crippen LogP contribution in [-0.4, -0.2) is 65.1 Å². The van der Waals surface area contributed by atoms with Gasteiger partial charge in [0.1, 0.15) is 12.1 Å². The van der Waals surface area contributed by atoms with Gasteiger partial charge >= 0.3 is 0 Å². The quantitative estimate of drug-likeness (QED) is 0.915. The zero-order valence-electron chi connectivity index (χ0n) is 15.3. The fourth-order valence-electron chi connectivity index (χ4n) is 3.27. The third kappa shape index (κ3) is 4.02. The molecular formula is C19H29N5. The highest BCUT2D eigenvalue weighted by Crippen LogP contribution is 2.26. The molecule has 0 spiro atoms. The monoisotopic (exact) mass is 327 g/mol. The zero-order chi connectivity index (χ0) is 17.2. The van der Waals surface area contributed by atoms with E-state index in [0.29, 0.717) is 0 Å². The van der Waals surface area contributed by atoms with E-state index in [1.807, 2.05) is 12.1 Å². The lowest BCUT2D eigenvalue weighted by atomic mass is 9.99. The SMILES string of the molecule is Cc1cccc2ncnc(NC(C)(C)CCN3CCN(C)CC3)c12. The highest BCUT2D eigenvalue weighted by atomic mass is 15.2. The average molecular weight is 327 g/mol. The van der Waals surface area contributed by atoms with Crippen molar-refractivity contribution in [3.8, 4) is 0 Å². The Hall–Kier alpha value is -1.72. The molecule has 5 nitrogen and oxygen atoms in total. The molecule has 0 amide bonds. The number of hydrogen-bond acceptors (Lipinski definition) is 5. The van der Waals surface area contributed by atoms with Crippen LogP contribution in [0.25, 0.3) is 10.9 Å². The van der Waals surface area contributed by atoms with Crippen LogP contribution in [0.2, 0.25) is 0 Å². The number of hydrogen-bond donors (Lipinski definition) is 1. The van der Waals surface area contributed by atoms with E-state index in [2.05, 4.69) is 59.0 Å². The van der Waals surface area contributed by atoms with Gasteiger partial charge in [-0.3, -0.25) is 0 Å². The molecule has 1 fully saturated rings. The van der Waals surface area contributed by atoms with Crippen LogP contribution in [0, 0.1) is 6.92 Å². The molecule has 3 rings (SSSR count). The number of likely N-dealkylation sites (N-methyl/N-ethyl adjacent to an activating group) is 1. The Kier molecular flexibility index (Phi) is 5.01. The van der Waals surface area contributed by atoms with E-state index in [4.69, 9.17) is 0 Å². The highest BCUT2D eigenvalue weighted by Gasteiger charge is 2.22. The summed E-state index contributed by atoms with van der Waals surface area (Å²) in [5.41, 5.74) is 2.21. The summed E-state index contributed by atoms with van der Waals surface area (Å²) in [4.78, 5) is 13.9. The lowest BCUT2D eigenvalue weighted by Gasteiger charge is -2.35. The molecule has 130 valence electrons. The van der Waals surface area contributed by atoms with Gasteiger partial charge in [0.2, 0.25) is 0 Å². The van der Waals surface area contributed by atoms with Gasteiger partial charge in [-0.2, -0.15) is 0 Å². The van der Waals surface area contributed by atoms with E-state index in [1.165, 1.54) is 31.7 Å². The number of benzene rings is 1. The molecule has 1 saturated heterocycles. The fourth-order valence-corrected chi connectivity index (χ4v) is 3.27. The molecule has 1 aromatic carbocycles. The van der Waals surface area contributed by atoms with Crippen LogP contribution in [-0.2, 0) is 0 Å². The van der Waals surface area contributed by atoms with Gasteiger partial charge in [-0.1, -0.05) is 12.1 Å². The predicted molar refractivity (Wildman–Crippen MR) is 101 cm³/mol. The van der Waals surface area contributed by atoms with Gasteiger partial charge in [0.25, 0.3) is 0 Å². The van der Waals surface area contributed by atoms with E-state index >= 15 is 0 Å². The number of fused-ring (bicyclic) bond motifs is 1. The molecule has 0 bridgehead atoms. The smallest absolute Gasteiger partial charge is 0.137 e. The summed E-state index contributed by atoms with van der Waals surface area (Å²) in [5.74, 6) is 0.946. The maximum Gasteiger partial charge on any atom is 0.137 e. The molecule has 0 saturated carbocycles. The van der Waals surface area contributed by atoms with Gasteiger partial charge in [0, 0.05) is 43.6 Å². The molecule has 0 atom stereocenters. The zero-order valence-corrected chi connectivity index (χ0v) is 15.3. The van der Waals surface area contributed by atoms with Crippen molar-refractivity contribution in [2.75, 3.05) is 45.1 Å². The van der Waals surface area contributed by atoms with Crippen molar-refractivity contribution in [2.24, 2.45) is 0 Å². The van der Waals surface area contributed by atoms with Crippen molar-refractivity contribution < 1.29 is 0 Å². The topological polar surface area (TPSA) is 44.3 Å². The molecule has 0 unspecified atom stereocenters. The van der Waals surface area contributed by atoms with Crippen molar-refractivity contribution in [1.29, 1.82) is 0 Å². The van der Waals surface area contributed by atoms with Gasteiger partial charge in [0.05, 0.1) is 5.52 Å². The summed E-state index contributed by atoms with van der Waals surface area (Å²) in [7, 11) is 2.20. The van der Waals surface area contributed by atoms with Crippen LogP contribution in [0.15, 0.2) is 24.5 Å². The van der Waals surface area contributed by atoms with Crippen LogP contribution < -0.4 is 5.32 Å². The van der Waals surface area contributed by atoms with Crippen LogP contribution in [0.3, 0.4) is 0 Å². The Morgan fingerprint density at radius 2 is 1.88 bits per heavy atom. The average Bonchev–Trinajstić information content (AvgIpc) is 2.54. The minimum atomic E-state index is -0.00703. The maximum absolute atomic E-state index is 4.52. The number of anilines is 1. The maximum atomic E-state index is 4.52. The summed E-state index contributed by atoms with van der Waals surface area (Å²) >= 11 is 0. The Bertz CT molecular complexity index is 684. The number of aromatic nitrogens is 2. The van der Waals surface area contributed by atoms with Crippen LogP contribution >= 0.6 is 0 Å². The van der Waals surface area contributed by atoms with Gasteiger partial charge < -0.3 is 15.1 Å². The second kappa shape index (κ2) is 7.03. The minimum absolute atomic E-state index is 0.00703. The minimum Gasteiger partial charge on any atom is -0.365 e. The molecule has 2 heterocycles. The first-order valence-corrected chi connectivity index (χ1v) is 8.84. The Morgan fingerprint density at radius 3 is 2.62 bits per heavy atom. The molecule has 1 aliphatic heterocycles. The second-order valence-corrected chi connectivity index (χ2v) is 7.60. The van der Waals surface area contributed by atoms with Gasteiger partial charge in [-0.15, -0.1) is 0 Å². The van der Waals surface area contributed by atoms with Crippen molar-refractivity contribution in [3.63, 3.8) is 0 Å².